The molecular formula is C17H22N2O5. The lowest BCUT2D eigenvalue weighted by atomic mass is 10.0. The molecule has 1 heterocycles. The Morgan fingerprint density at radius 1 is 1.29 bits per heavy atom. The molecule has 7 heteroatoms. The molecule has 1 atom stereocenters. The van der Waals surface area contributed by atoms with E-state index in [9.17, 15) is 14.4 Å². The molecular weight excluding hydrogens is 312 g/mol. The van der Waals surface area contributed by atoms with Gasteiger partial charge >= 0.3 is 5.97 Å². The van der Waals surface area contributed by atoms with Crippen LogP contribution in [0, 0.1) is 0 Å². The summed E-state index contributed by atoms with van der Waals surface area (Å²) in [4.78, 5) is 36.0. The number of hydrogen-bond acceptors (Lipinski definition) is 5. The number of esters is 1. The quantitative estimate of drug-likeness (QED) is 0.796. The molecule has 2 rings (SSSR count). The number of benzene rings is 1. The molecule has 0 aliphatic carbocycles. The van der Waals surface area contributed by atoms with Crippen LogP contribution in [-0.4, -0.2) is 43.1 Å². The number of anilines is 1. The average molecular weight is 334 g/mol. The van der Waals surface area contributed by atoms with Crippen molar-refractivity contribution in [1.82, 2.24) is 5.32 Å². The van der Waals surface area contributed by atoms with E-state index in [0.717, 1.165) is 6.42 Å². The van der Waals surface area contributed by atoms with E-state index in [0.29, 0.717) is 24.3 Å². The molecule has 1 aromatic rings. The zero-order chi connectivity index (χ0) is 17.7. The van der Waals surface area contributed by atoms with Crippen LogP contribution in [0.3, 0.4) is 0 Å². The monoisotopic (exact) mass is 334 g/mol. The number of carbonyl (C=O) groups is 3. The third-order valence-electron chi connectivity index (χ3n) is 3.74. The molecule has 130 valence electrons. The highest BCUT2D eigenvalue weighted by molar-refractivity contribution is 6.00. The Labute approximate surface area is 140 Å². The second-order valence-corrected chi connectivity index (χ2v) is 6.14. The Kier molecular flexibility index (Phi) is 5.56. The normalized spacial score (nSPS) is 17.2. The molecule has 1 aliphatic heterocycles. The molecule has 1 fully saturated rings. The number of methoxy groups -OCH3 is 1. The number of ether oxygens (including phenoxy) is 2. The zero-order valence-corrected chi connectivity index (χ0v) is 14.0. The van der Waals surface area contributed by atoms with Crippen molar-refractivity contribution in [3.05, 3.63) is 29.8 Å². The molecule has 0 saturated carbocycles. The summed E-state index contributed by atoms with van der Waals surface area (Å²) in [7, 11) is 1.26. The highest BCUT2D eigenvalue weighted by atomic mass is 16.5. The summed E-state index contributed by atoms with van der Waals surface area (Å²) >= 11 is 0. The lowest BCUT2D eigenvalue weighted by Crippen LogP contribution is -2.50. The van der Waals surface area contributed by atoms with Gasteiger partial charge in [-0.2, -0.15) is 0 Å². The maximum Gasteiger partial charge on any atom is 0.330 e. The van der Waals surface area contributed by atoms with Gasteiger partial charge < -0.3 is 20.1 Å². The number of hydrogen-bond donors (Lipinski definition) is 2. The summed E-state index contributed by atoms with van der Waals surface area (Å²) in [5.74, 6) is -1.20. The minimum Gasteiger partial charge on any atom is -0.467 e. The van der Waals surface area contributed by atoms with Crippen molar-refractivity contribution >= 4 is 23.5 Å². The topological polar surface area (TPSA) is 93.7 Å². The lowest BCUT2D eigenvalue weighted by Gasteiger charge is -2.23. The fraction of sp³-hybridized carbons (Fsp3) is 0.471. The summed E-state index contributed by atoms with van der Waals surface area (Å²) in [6, 6.07) is 6.50. The van der Waals surface area contributed by atoms with E-state index in [1.165, 1.54) is 7.11 Å². The molecule has 0 aromatic heterocycles. The van der Waals surface area contributed by atoms with E-state index in [-0.39, 0.29) is 5.91 Å². The molecule has 1 aliphatic rings. The first-order valence-electron chi connectivity index (χ1n) is 7.77. The first-order valence-corrected chi connectivity index (χ1v) is 7.77. The van der Waals surface area contributed by atoms with Gasteiger partial charge in [0.25, 0.3) is 11.8 Å². The van der Waals surface area contributed by atoms with Gasteiger partial charge in [0.15, 0.2) is 0 Å². The third kappa shape index (κ3) is 4.32. The summed E-state index contributed by atoms with van der Waals surface area (Å²) in [5.41, 5.74) is -0.320. The molecule has 2 N–H and O–H groups in total. The molecule has 0 radical (unpaired) electrons. The number of amides is 2. The van der Waals surface area contributed by atoms with Crippen LogP contribution in [0.5, 0.6) is 0 Å². The minimum atomic E-state index is -1.15. The Balaban J connectivity index is 2.05. The second kappa shape index (κ2) is 7.44. The number of rotatable bonds is 5. The van der Waals surface area contributed by atoms with Crippen molar-refractivity contribution in [3.63, 3.8) is 0 Å². The standard InChI is InChI=1S/C17H22N2O5/c1-17(2,16(22)23-3)19-14(20)11-6-4-7-12(10-11)18-15(21)13-8-5-9-24-13/h4,6-7,10,13H,5,8-9H2,1-3H3,(H,18,21)(H,19,20). The van der Waals surface area contributed by atoms with Gasteiger partial charge in [0.1, 0.15) is 11.6 Å². The van der Waals surface area contributed by atoms with Crippen LogP contribution >= 0.6 is 0 Å². The van der Waals surface area contributed by atoms with Crippen molar-refractivity contribution < 1.29 is 23.9 Å². The average Bonchev–Trinajstić information content (AvgIpc) is 3.08. The van der Waals surface area contributed by atoms with Gasteiger partial charge in [-0.25, -0.2) is 4.79 Å². The van der Waals surface area contributed by atoms with Gasteiger partial charge in [-0.15, -0.1) is 0 Å². The van der Waals surface area contributed by atoms with Crippen molar-refractivity contribution in [2.75, 3.05) is 19.0 Å². The van der Waals surface area contributed by atoms with Crippen molar-refractivity contribution in [2.24, 2.45) is 0 Å². The van der Waals surface area contributed by atoms with Crippen LogP contribution in [0.25, 0.3) is 0 Å². The van der Waals surface area contributed by atoms with E-state index in [1.54, 1.807) is 38.1 Å². The van der Waals surface area contributed by atoms with Gasteiger partial charge in [-0.1, -0.05) is 6.07 Å². The molecule has 1 unspecified atom stereocenters. The molecule has 2 amide bonds. The van der Waals surface area contributed by atoms with Crippen LogP contribution in [0.2, 0.25) is 0 Å². The Morgan fingerprint density at radius 2 is 2.04 bits per heavy atom. The van der Waals surface area contributed by atoms with Gasteiger partial charge in [0, 0.05) is 17.9 Å². The smallest absolute Gasteiger partial charge is 0.330 e. The third-order valence-corrected chi connectivity index (χ3v) is 3.74. The van der Waals surface area contributed by atoms with Crippen LogP contribution in [0.4, 0.5) is 5.69 Å². The highest BCUT2D eigenvalue weighted by Crippen LogP contribution is 2.17. The molecule has 0 spiro atoms. The van der Waals surface area contributed by atoms with Crippen LogP contribution in [-0.2, 0) is 19.1 Å². The molecule has 1 aromatic carbocycles. The van der Waals surface area contributed by atoms with E-state index >= 15 is 0 Å². The minimum absolute atomic E-state index is 0.222. The Morgan fingerprint density at radius 3 is 2.67 bits per heavy atom. The van der Waals surface area contributed by atoms with E-state index < -0.39 is 23.5 Å². The first-order chi connectivity index (χ1) is 11.3. The van der Waals surface area contributed by atoms with Crippen LogP contribution < -0.4 is 10.6 Å². The molecule has 0 bridgehead atoms. The van der Waals surface area contributed by atoms with Crippen molar-refractivity contribution in [1.29, 1.82) is 0 Å². The summed E-state index contributed by atoms with van der Waals surface area (Å²) in [6.45, 7) is 3.70. The zero-order valence-electron chi connectivity index (χ0n) is 14.0. The Bertz CT molecular complexity index is 636. The second-order valence-electron chi connectivity index (χ2n) is 6.14. The number of nitrogens with one attached hydrogen (secondary N) is 2. The fourth-order valence-corrected chi connectivity index (χ4v) is 2.41. The lowest BCUT2D eigenvalue weighted by molar-refractivity contribution is -0.146. The Hall–Kier alpha value is -2.41. The van der Waals surface area contributed by atoms with Crippen molar-refractivity contribution in [2.45, 2.75) is 38.3 Å². The van der Waals surface area contributed by atoms with Gasteiger partial charge in [-0.3, -0.25) is 9.59 Å². The van der Waals surface area contributed by atoms with Crippen LogP contribution in [0.1, 0.15) is 37.0 Å². The fourth-order valence-electron chi connectivity index (χ4n) is 2.41. The van der Waals surface area contributed by atoms with E-state index in [1.807, 2.05) is 0 Å². The maximum atomic E-state index is 12.3. The van der Waals surface area contributed by atoms with Crippen LogP contribution in [0.15, 0.2) is 24.3 Å². The molecule has 1 saturated heterocycles. The molecule has 24 heavy (non-hydrogen) atoms. The van der Waals surface area contributed by atoms with Crippen molar-refractivity contribution in [3.8, 4) is 0 Å². The predicted octanol–water partition coefficient (Wildman–Crippen LogP) is 1.49. The predicted molar refractivity (Wildman–Crippen MR) is 87.6 cm³/mol. The van der Waals surface area contributed by atoms with Gasteiger partial charge in [0.2, 0.25) is 0 Å². The van der Waals surface area contributed by atoms with E-state index in [4.69, 9.17) is 4.74 Å². The molecule has 7 nitrogen and oxygen atoms in total. The first kappa shape index (κ1) is 17.9. The largest absolute Gasteiger partial charge is 0.467 e. The maximum absolute atomic E-state index is 12.3. The highest BCUT2D eigenvalue weighted by Gasteiger charge is 2.31. The SMILES string of the molecule is COC(=O)C(C)(C)NC(=O)c1cccc(NC(=O)C2CCCO2)c1. The van der Waals surface area contributed by atoms with E-state index in [2.05, 4.69) is 15.4 Å². The summed E-state index contributed by atoms with van der Waals surface area (Å²) < 4.78 is 9.99. The number of carbonyl (C=O) groups excluding carboxylic acids is 3. The summed E-state index contributed by atoms with van der Waals surface area (Å²) in [5, 5.41) is 5.35. The summed E-state index contributed by atoms with van der Waals surface area (Å²) in [6.07, 6.45) is 1.11. The van der Waals surface area contributed by atoms with Gasteiger partial charge in [0.05, 0.1) is 7.11 Å². The van der Waals surface area contributed by atoms with Gasteiger partial charge in [-0.05, 0) is 44.9 Å².